The molecule has 1 heterocycles. The second-order valence-corrected chi connectivity index (χ2v) is 8.33. The molecule has 0 aromatic heterocycles. The number of carbonyl (C=O) groups is 1. The molecule has 4 nitrogen and oxygen atoms in total. The third kappa shape index (κ3) is 5.10. The Morgan fingerprint density at radius 1 is 1.15 bits per heavy atom. The molecule has 1 aliphatic heterocycles. The van der Waals surface area contributed by atoms with Crippen LogP contribution in [-0.4, -0.2) is 43.7 Å². The number of nitrogens with one attached hydrogen (secondary N) is 1. The number of halogens is 1. The summed E-state index contributed by atoms with van der Waals surface area (Å²) < 4.78 is 6.45. The molecule has 1 N–H and O–H groups in total. The van der Waals surface area contributed by atoms with Crippen molar-refractivity contribution in [3.63, 3.8) is 0 Å². The van der Waals surface area contributed by atoms with Crippen LogP contribution in [0.15, 0.2) is 42.5 Å². The molecule has 2 aromatic carbocycles. The Bertz CT molecular complexity index is 796. The predicted octanol–water partition coefficient (Wildman–Crippen LogP) is 4.66. The highest BCUT2D eigenvalue weighted by Crippen LogP contribution is 2.23. The molecule has 0 bridgehead atoms. The van der Waals surface area contributed by atoms with E-state index in [1.807, 2.05) is 25.1 Å². The number of ether oxygens (including phenoxy) is 1. The van der Waals surface area contributed by atoms with Crippen molar-refractivity contribution in [3.05, 3.63) is 64.2 Å². The number of amides is 1. The van der Waals surface area contributed by atoms with Crippen LogP contribution in [0.1, 0.15) is 34.3 Å². The smallest absolute Gasteiger partial charge is 0.255 e. The Morgan fingerprint density at radius 3 is 2.48 bits per heavy atom. The largest absolute Gasteiger partial charge is 0.381 e. The highest BCUT2D eigenvalue weighted by Gasteiger charge is 2.30. The zero-order chi connectivity index (χ0) is 19.4. The number of hydrogen-bond acceptors (Lipinski definition) is 2. The first-order chi connectivity index (χ1) is 12.8. The summed E-state index contributed by atoms with van der Waals surface area (Å²) in [5.41, 5.74) is 3.57. The van der Waals surface area contributed by atoms with Crippen molar-refractivity contribution >= 4 is 23.2 Å². The van der Waals surface area contributed by atoms with Crippen molar-refractivity contribution in [1.82, 2.24) is 0 Å². The number of quaternary nitrogens is 1. The summed E-state index contributed by atoms with van der Waals surface area (Å²) in [4.78, 5) is 12.5. The van der Waals surface area contributed by atoms with Crippen molar-refractivity contribution in [3.8, 4) is 0 Å². The molecule has 2 aromatic rings. The van der Waals surface area contributed by atoms with Crippen LogP contribution in [0.4, 0.5) is 5.69 Å². The first-order valence-corrected chi connectivity index (χ1v) is 9.80. The van der Waals surface area contributed by atoms with Gasteiger partial charge in [-0.25, -0.2) is 0 Å². The van der Waals surface area contributed by atoms with Gasteiger partial charge in [-0.15, -0.1) is 0 Å². The zero-order valence-corrected chi connectivity index (χ0v) is 17.1. The molecule has 0 atom stereocenters. The van der Waals surface area contributed by atoms with Crippen molar-refractivity contribution in [2.45, 2.75) is 32.4 Å². The lowest BCUT2D eigenvalue weighted by molar-refractivity contribution is -0.929. The van der Waals surface area contributed by atoms with Gasteiger partial charge in [-0.1, -0.05) is 29.8 Å². The molecule has 0 spiro atoms. The van der Waals surface area contributed by atoms with Crippen LogP contribution in [0.3, 0.4) is 0 Å². The standard InChI is InChI=1S/C22H27ClN2O2/c1-16-4-7-18(23)14-21(16)22(26)24-19-8-5-17(6-9-19)15-25(2,3)20-10-12-27-13-11-20/h4-9,14,20H,10-13,15H2,1-3H3/p+1. The summed E-state index contributed by atoms with van der Waals surface area (Å²) >= 11 is 6.02. The van der Waals surface area contributed by atoms with E-state index >= 15 is 0 Å². The lowest BCUT2D eigenvalue weighted by atomic mass is 10.0. The molecule has 0 radical (unpaired) electrons. The Balaban J connectivity index is 1.64. The van der Waals surface area contributed by atoms with Crippen LogP contribution in [-0.2, 0) is 11.3 Å². The molecule has 3 rings (SSSR count). The molecule has 0 saturated carbocycles. The van der Waals surface area contributed by atoms with Crippen LogP contribution < -0.4 is 5.32 Å². The third-order valence-corrected chi connectivity index (χ3v) is 5.66. The maximum Gasteiger partial charge on any atom is 0.255 e. The van der Waals surface area contributed by atoms with E-state index in [-0.39, 0.29) is 5.91 Å². The molecule has 1 aliphatic rings. The Kier molecular flexibility index (Phi) is 6.20. The molecular weight excluding hydrogens is 360 g/mol. The molecule has 5 heteroatoms. The molecule has 1 fully saturated rings. The first kappa shape index (κ1) is 19.9. The van der Waals surface area contributed by atoms with E-state index in [0.29, 0.717) is 16.6 Å². The van der Waals surface area contributed by atoms with Crippen LogP contribution in [0.5, 0.6) is 0 Å². The van der Waals surface area contributed by atoms with Crippen molar-refractivity contribution in [1.29, 1.82) is 0 Å². The van der Waals surface area contributed by atoms with E-state index in [4.69, 9.17) is 16.3 Å². The summed E-state index contributed by atoms with van der Waals surface area (Å²) in [6, 6.07) is 14.1. The fraction of sp³-hybridized carbons (Fsp3) is 0.409. The van der Waals surface area contributed by atoms with Gasteiger partial charge in [-0.2, -0.15) is 0 Å². The third-order valence-electron chi connectivity index (χ3n) is 5.43. The molecule has 0 aliphatic carbocycles. The lowest BCUT2D eigenvalue weighted by Gasteiger charge is -2.40. The molecule has 0 unspecified atom stereocenters. The lowest BCUT2D eigenvalue weighted by Crippen LogP contribution is -2.50. The van der Waals surface area contributed by atoms with E-state index in [1.54, 1.807) is 12.1 Å². The van der Waals surface area contributed by atoms with Gasteiger partial charge in [-0.05, 0) is 36.8 Å². The number of hydrogen-bond donors (Lipinski definition) is 1. The normalized spacial score (nSPS) is 15.6. The molecule has 1 saturated heterocycles. The van der Waals surface area contributed by atoms with Crippen LogP contribution in [0.25, 0.3) is 0 Å². The molecule has 27 heavy (non-hydrogen) atoms. The quantitative estimate of drug-likeness (QED) is 0.758. The minimum absolute atomic E-state index is 0.138. The van der Waals surface area contributed by atoms with Gasteiger partial charge < -0.3 is 14.5 Å². The van der Waals surface area contributed by atoms with Crippen molar-refractivity contribution in [2.24, 2.45) is 0 Å². The number of anilines is 1. The average molecular weight is 388 g/mol. The van der Waals surface area contributed by atoms with E-state index in [0.717, 1.165) is 48.3 Å². The van der Waals surface area contributed by atoms with Gasteiger partial charge in [0.1, 0.15) is 6.54 Å². The summed E-state index contributed by atoms with van der Waals surface area (Å²) in [6.45, 7) is 4.59. The van der Waals surface area contributed by atoms with Gasteiger partial charge in [-0.3, -0.25) is 4.79 Å². The van der Waals surface area contributed by atoms with Gasteiger partial charge in [0.25, 0.3) is 5.91 Å². The SMILES string of the molecule is Cc1ccc(Cl)cc1C(=O)Nc1ccc(C[N+](C)(C)C2CCOCC2)cc1. The molecular formula is C22H28ClN2O2+. The maximum atomic E-state index is 12.5. The molecule has 144 valence electrons. The summed E-state index contributed by atoms with van der Waals surface area (Å²) in [5.74, 6) is -0.138. The monoisotopic (exact) mass is 387 g/mol. The van der Waals surface area contributed by atoms with E-state index in [1.165, 1.54) is 5.56 Å². The second kappa shape index (κ2) is 8.42. The van der Waals surface area contributed by atoms with E-state index < -0.39 is 0 Å². The topological polar surface area (TPSA) is 38.3 Å². The van der Waals surface area contributed by atoms with Gasteiger partial charge in [0.05, 0.1) is 33.4 Å². The van der Waals surface area contributed by atoms with Gasteiger partial charge >= 0.3 is 0 Å². The van der Waals surface area contributed by atoms with Crippen LogP contribution in [0, 0.1) is 6.92 Å². The Labute approximate surface area is 166 Å². The summed E-state index contributed by atoms with van der Waals surface area (Å²) in [5, 5.41) is 3.52. The van der Waals surface area contributed by atoms with E-state index in [2.05, 4.69) is 31.5 Å². The number of rotatable bonds is 5. The van der Waals surface area contributed by atoms with Crippen molar-refractivity contribution < 1.29 is 14.0 Å². The molecule has 1 amide bonds. The van der Waals surface area contributed by atoms with Crippen LogP contribution in [0.2, 0.25) is 5.02 Å². The number of nitrogens with zero attached hydrogens (tertiary/aromatic N) is 1. The average Bonchev–Trinajstić information content (AvgIpc) is 2.66. The maximum absolute atomic E-state index is 12.5. The van der Waals surface area contributed by atoms with Gasteiger partial charge in [0.15, 0.2) is 0 Å². The number of carbonyl (C=O) groups excluding carboxylic acids is 1. The fourth-order valence-corrected chi connectivity index (χ4v) is 3.89. The fourth-order valence-electron chi connectivity index (χ4n) is 3.71. The van der Waals surface area contributed by atoms with E-state index in [9.17, 15) is 4.79 Å². The predicted molar refractivity (Wildman–Crippen MR) is 110 cm³/mol. The highest BCUT2D eigenvalue weighted by atomic mass is 35.5. The van der Waals surface area contributed by atoms with Gasteiger partial charge in [0.2, 0.25) is 0 Å². The second-order valence-electron chi connectivity index (χ2n) is 7.89. The summed E-state index contributed by atoms with van der Waals surface area (Å²) in [6.07, 6.45) is 2.22. The number of aryl methyl sites for hydroxylation is 1. The van der Waals surface area contributed by atoms with Crippen LogP contribution >= 0.6 is 11.6 Å². The minimum Gasteiger partial charge on any atom is -0.381 e. The Morgan fingerprint density at radius 2 is 1.81 bits per heavy atom. The summed E-state index contributed by atoms with van der Waals surface area (Å²) in [7, 11) is 4.57. The highest BCUT2D eigenvalue weighted by molar-refractivity contribution is 6.31. The van der Waals surface area contributed by atoms with Crippen molar-refractivity contribution in [2.75, 3.05) is 32.6 Å². The number of benzene rings is 2. The van der Waals surface area contributed by atoms with Gasteiger partial charge in [0, 0.05) is 34.7 Å². The zero-order valence-electron chi connectivity index (χ0n) is 16.3. The minimum atomic E-state index is -0.138. The first-order valence-electron chi connectivity index (χ1n) is 9.42. The Hall–Kier alpha value is -1.88.